The number of hydrogen-bond acceptors (Lipinski definition) is 0. The quantitative estimate of drug-likeness (QED) is 0.184. The number of fused-ring (bicyclic) bond motifs is 2. The van der Waals surface area contributed by atoms with E-state index in [1.54, 1.807) is 13.8 Å². The van der Waals surface area contributed by atoms with Gasteiger partial charge in [-0.05, 0) is 0 Å². The second-order valence-corrected chi connectivity index (χ2v) is 4.31. The molecule has 0 fully saturated rings. The second kappa shape index (κ2) is 20.6. The number of rotatable bonds is 0. The van der Waals surface area contributed by atoms with Crippen LogP contribution in [-0.4, -0.2) is 11.0 Å². The fourth-order valence-corrected chi connectivity index (χ4v) is 2.14. The summed E-state index contributed by atoms with van der Waals surface area (Å²) in [7, 11) is 0. The topological polar surface area (TPSA) is 0 Å². The van der Waals surface area contributed by atoms with E-state index in [-0.39, 0.29) is 62.0 Å². The first-order valence-corrected chi connectivity index (χ1v) is 7.56. The first-order chi connectivity index (χ1) is 10.9. The molecule has 0 aliphatic rings. The largest absolute Gasteiger partial charge is 4.00 e. The summed E-state index contributed by atoms with van der Waals surface area (Å²) in [4.78, 5) is 0. The van der Waals surface area contributed by atoms with E-state index in [9.17, 15) is 0 Å². The van der Waals surface area contributed by atoms with Gasteiger partial charge in [-0.3, -0.25) is 0 Å². The molecule has 136 valence electrons. The summed E-state index contributed by atoms with van der Waals surface area (Å²) >= 11 is 0. The average Bonchev–Trinajstić information content (AvgIpc) is 3.28. The van der Waals surface area contributed by atoms with E-state index in [1.165, 1.54) is 21.5 Å². The Morgan fingerprint density at radius 3 is 1.19 bits per heavy atom. The fraction of sp³-hybridized carbons (Fsp3) is 0.0909. The van der Waals surface area contributed by atoms with Crippen LogP contribution in [0.4, 0.5) is 0 Å². The summed E-state index contributed by atoms with van der Waals surface area (Å²) in [6, 6.07) is 29.3. The van der Waals surface area contributed by atoms with Gasteiger partial charge in [-0.25, -0.2) is 0 Å². The summed E-state index contributed by atoms with van der Waals surface area (Å²) in [5.41, 5.74) is 0. The van der Waals surface area contributed by atoms with Gasteiger partial charge in [0.1, 0.15) is 0 Å². The van der Waals surface area contributed by atoms with Crippen LogP contribution < -0.4 is 0 Å². The number of hydrogen-bond donors (Lipinski definition) is 0. The van der Waals surface area contributed by atoms with Gasteiger partial charge in [-0.1, -0.05) is 12.1 Å². The molecule has 0 nitrogen and oxygen atoms in total. The predicted octanol–water partition coefficient (Wildman–Crippen LogP) is 7.26. The van der Waals surface area contributed by atoms with E-state index in [0.717, 1.165) is 0 Å². The molecular formula is C22H26Cl2SiZr. The van der Waals surface area contributed by atoms with Crippen LogP contribution in [0.2, 0.25) is 0 Å². The first kappa shape index (κ1) is 33.0. The van der Waals surface area contributed by atoms with E-state index < -0.39 is 0 Å². The summed E-state index contributed by atoms with van der Waals surface area (Å²) in [5, 5.41) is 5.32. The zero-order chi connectivity index (χ0) is 16.2. The molecule has 4 rings (SSSR count). The minimum Gasteiger partial charge on any atom is -0.346 e. The Labute approximate surface area is 195 Å². The van der Waals surface area contributed by atoms with Crippen LogP contribution in [0.3, 0.4) is 0 Å². The van der Waals surface area contributed by atoms with Crippen LogP contribution in [0.1, 0.15) is 13.8 Å². The third kappa shape index (κ3) is 10.5. The van der Waals surface area contributed by atoms with Gasteiger partial charge in [0.25, 0.3) is 0 Å². The molecule has 0 aliphatic carbocycles. The molecule has 0 aromatic heterocycles. The molecule has 0 unspecified atom stereocenters. The molecule has 0 N–H and O–H groups in total. The van der Waals surface area contributed by atoms with Crippen LogP contribution in [0.25, 0.3) is 21.5 Å². The Morgan fingerprint density at radius 2 is 0.885 bits per heavy atom. The zero-order valence-electron chi connectivity index (χ0n) is 15.3. The molecule has 0 spiro atoms. The number of halogens is 2. The van der Waals surface area contributed by atoms with Crippen molar-refractivity contribution >= 4 is 57.3 Å². The van der Waals surface area contributed by atoms with Gasteiger partial charge in [0.05, 0.1) is 0 Å². The molecule has 4 heteroatoms. The van der Waals surface area contributed by atoms with E-state index >= 15 is 0 Å². The van der Waals surface area contributed by atoms with Crippen LogP contribution >= 0.6 is 24.8 Å². The normalized spacial score (nSPS) is 7.54. The van der Waals surface area contributed by atoms with Crippen molar-refractivity contribution in [3.63, 3.8) is 0 Å². The maximum Gasteiger partial charge on any atom is 4.00 e. The van der Waals surface area contributed by atoms with Gasteiger partial charge >= 0.3 is 26.2 Å². The molecule has 0 aliphatic heterocycles. The Morgan fingerprint density at radius 1 is 0.577 bits per heavy atom. The van der Waals surface area contributed by atoms with E-state index in [1.807, 2.05) is 0 Å². The number of benzene rings is 2. The minimum absolute atomic E-state index is 0. The molecule has 4 aromatic rings. The Hall–Kier alpha value is -0.660. The van der Waals surface area contributed by atoms with Crippen molar-refractivity contribution in [2.24, 2.45) is 0 Å². The Kier molecular flexibility index (Phi) is 26.2. The molecule has 4 radical (unpaired) electrons. The molecule has 0 atom stereocenters. The van der Waals surface area contributed by atoms with Crippen molar-refractivity contribution in [3.05, 3.63) is 98.8 Å². The smallest absolute Gasteiger partial charge is 0.346 e. The molecule has 0 bridgehead atoms. The molecule has 0 saturated carbocycles. The minimum atomic E-state index is 0. The summed E-state index contributed by atoms with van der Waals surface area (Å²) < 4.78 is 0. The SMILES string of the molecule is Cl.Cl.[CH2-]C.[CH2-]C.[Si].[Zr+4].c1ccc2[cH-]ccc2c1.c1ccc2[cH-]ccc2c1. The summed E-state index contributed by atoms with van der Waals surface area (Å²) in [5.74, 6) is 0. The second-order valence-electron chi connectivity index (χ2n) is 4.31. The summed E-state index contributed by atoms with van der Waals surface area (Å²) in [6.45, 7) is 10.0. The monoisotopic (exact) mass is 478 g/mol. The zero-order valence-corrected chi connectivity index (χ0v) is 20.4. The molecule has 0 saturated heterocycles. The van der Waals surface area contributed by atoms with Gasteiger partial charge in [0.2, 0.25) is 0 Å². The predicted molar refractivity (Wildman–Crippen MR) is 121 cm³/mol. The van der Waals surface area contributed by atoms with E-state index in [4.69, 9.17) is 0 Å². The van der Waals surface area contributed by atoms with Gasteiger partial charge in [-0.2, -0.15) is 48.9 Å². The van der Waals surface area contributed by atoms with E-state index in [0.29, 0.717) is 0 Å². The fourth-order valence-electron chi connectivity index (χ4n) is 2.14. The third-order valence-electron chi connectivity index (χ3n) is 3.10. The Bertz CT molecular complexity index is 636. The van der Waals surface area contributed by atoms with Crippen LogP contribution in [0.15, 0.2) is 84.9 Å². The van der Waals surface area contributed by atoms with Gasteiger partial charge in [-0.15, -0.1) is 84.1 Å². The molecular weight excluding hydrogens is 454 g/mol. The maximum atomic E-state index is 3.25. The Balaban J connectivity index is -0.000000139. The van der Waals surface area contributed by atoms with Gasteiger partial charge in [0, 0.05) is 11.0 Å². The third-order valence-corrected chi connectivity index (χ3v) is 3.10. The van der Waals surface area contributed by atoms with Crippen molar-refractivity contribution in [1.82, 2.24) is 0 Å². The first-order valence-electron chi connectivity index (χ1n) is 7.56. The summed E-state index contributed by atoms with van der Waals surface area (Å²) in [6.07, 6.45) is 0. The van der Waals surface area contributed by atoms with Crippen LogP contribution in [-0.2, 0) is 26.2 Å². The van der Waals surface area contributed by atoms with Gasteiger partial charge < -0.3 is 13.8 Å². The van der Waals surface area contributed by atoms with Crippen molar-refractivity contribution < 1.29 is 26.2 Å². The average molecular weight is 481 g/mol. The maximum absolute atomic E-state index is 3.25. The van der Waals surface area contributed by atoms with Gasteiger partial charge in [0.15, 0.2) is 0 Å². The molecule has 0 amide bonds. The molecule has 0 heterocycles. The standard InChI is InChI=1S/2C9H7.2C2H5.2ClH.Si.Zr/c2*1-2-5-9-7-3-6-8(9)4-1;2*1-2;;;;/h2*1-7H;2*1H2,2H3;2*1H;;/q4*-1;;;;+4. The van der Waals surface area contributed by atoms with Crippen molar-refractivity contribution in [3.8, 4) is 0 Å². The van der Waals surface area contributed by atoms with Crippen molar-refractivity contribution in [2.45, 2.75) is 13.8 Å². The van der Waals surface area contributed by atoms with Crippen LogP contribution in [0, 0.1) is 13.8 Å². The van der Waals surface area contributed by atoms with E-state index in [2.05, 4.69) is 98.8 Å². The van der Waals surface area contributed by atoms with Crippen molar-refractivity contribution in [2.75, 3.05) is 0 Å². The van der Waals surface area contributed by atoms with Crippen LogP contribution in [0.5, 0.6) is 0 Å². The van der Waals surface area contributed by atoms with Crippen molar-refractivity contribution in [1.29, 1.82) is 0 Å². The molecule has 4 aromatic carbocycles. The molecule has 26 heavy (non-hydrogen) atoms.